The number of ether oxygens (including phenoxy) is 1. The van der Waals surface area contributed by atoms with Gasteiger partial charge in [0.05, 0.1) is 17.9 Å². The van der Waals surface area contributed by atoms with Gasteiger partial charge in [0.1, 0.15) is 17.4 Å². The molecule has 192 valence electrons. The first-order chi connectivity index (χ1) is 16.3. The van der Waals surface area contributed by atoms with Crippen molar-refractivity contribution in [2.75, 3.05) is 51.3 Å². The van der Waals surface area contributed by atoms with Crippen molar-refractivity contribution in [2.24, 2.45) is 0 Å². The lowest BCUT2D eigenvalue weighted by atomic mass is 10.0. The Bertz CT molecular complexity index is 903. The smallest absolute Gasteiger partial charge is 0.255 e. The number of hydrogen-bond donors (Lipinski definition) is 1. The minimum absolute atomic E-state index is 0.0480. The second kappa shape index (κ2) is 12.5. The molecule has 2 aliphatic rings. The number of aromatic nitrogens is 3. The number of rotatable bonds is 8. The maximum atomic E-state index is 13.3. The third-order valence-electron chi connectivity index (χ3n) is 6.17. The molecule has 3 heterocycles. The predicted octanol–water partition coefficient (Wildman–Crippen LogP) is 4.40. The predicted molar refractivity (Wildman–Crippen MR) is 145 cm³/mol. The molecule has 1 saturated heterocycles. The standard InChI is InChI=1S/C23H37N5O2S2.C2H6/c1-27-11-9-17(10-12-27)24-22(29)18-15-28(16-30-13-14-32(2,3)4)26-21(18)23-25-19-7-5-6-8-20(19)31-23;1-2/h15,17H,5-14,16H2,1-4H3,(H,24,29);1-2H3. The highest BCUT2D eigenvalue weighted by Crippen LogP contribution is 2.34. The lowest BCUT2D eigenvalue weighted by molar-refractivity contribution is 0.0808. The molecule has 0 bridgehead atoms. The van der Waals surface area contributed by atoms with Crippen LogP contribution in [0.5, 0.6) is 0 Å². The summed E-state index contributed by atoms with van der Waals surface area (Å²) in [7, 11) is 1.54. The zero-order valence-corrected chi connectivity index (χ0v) is 23.5. The summed E-state index contributed by atoms with van der Waals surface area (Å²) in [5.74, 6) is 1.01. The van der Waals surface area contributed by atoms with Crippen LogP contribution >= 0.6 is 21.4 Å². The molecule has 2 aromatic rings. The van der Waals surface area contributed by atoms with Gasteiger partial charge in [-0.2, -0.15) is 5.10 Å². The highest BCUT2D eigenvalue weighted by Gasteiger charge is 2.26. The van der Waals surface area contributed by atoms with E-state index in [1.54, 1.807) is 16.0 Å². The van der Waals surface area contributed by atoms with Gasteiger partial charge in [0.2, 0.25) is 0 Å². The molecule has 9 heteroatoms. The van der Waals surface area contributed by atoms with Gasteiger partial charge in [-0.25, -0.2) is 19.7 Å². The zero-order valence-electron chi connectivity index (χ0n) is 21.9. The average molecular weight is 510 g/mol. The second-order valence-corrected chi connectivity index (χ2v) is 15.6. The monoisotopic (exact) mass is 509 g/mol. The normalized spacial score (nSPS) is 17.6. The van der Waals surface area contributed by atoms with Crippen LogP contribution in [0.2, 0.25) is 0 Å². The molecule has 4 rings (SSSR count). The van der Waals surface area contributed by atoms with Crippen LogP contribution in [0.4, 0.5) is 0 Å². The van der Waals surface area contributed by atoms with Crippen molar-refractivity contribution in [2.45, 2.75) is 65.1 Å². The van der Waals surface area contributed by atoms with E-state index in [4.69, 9.17) is 14.8 Å². The van der Waals surface area contributed by atoms with Crippen molar-refractivity contribution in [1.82, 2.24) is 25.0 Å². The van der Waals surface area contributed by atoms with Gasteiger partial charge in [-0.3, -0.25) is 4.79 Å². The Morgan fingerprint density at radius 3 is 2.59 bits per heavy atom. The van der Waals surface area contributed by atoms with Crippen LogP contribution in [0.3, 0.4) is 0 Å². The number of piperidine rings is 1. The van der Waals surface area contributed by atoms with Gasteiger partial charge < -0.3 is 15.0 Å². The van der Waals surface area contributed by atoms with Crippen molar-refractivity contribution >= 4 is 27.3 Å². The van der Waals surface area contributed by atoms with E-state index in [0.29, 0.717) is 24.6 Å². The first-order valence-corrected chi connectivity index (χ1v) is 16.4. The molecule has 34 heavy (non-hydrogen) atoms. The molecule has 0 unspecified atom stereocenters. The number of aryl methyl sites for hydroxylation is 2. The molecule has 0 aromatic carbocycles. The van der Waals surface area contributed by atoms with Crippen molar-refractivity contribution in [3.63, 3.8) is 0 Å². The van der Waals surface area contributed by atoms with Crippen LogP contribution in [-0.4, -0.2) is 82.9 Å². The number of fused-ring (bicyclic) bond motifs is 1. The average Bonchev–Trinajstić information content (AvgIpc) is 3.43. The summed E-state index contributed by atoms with van der Waals surface area (Å²) in [5, 5.41) is 8.87. The van der Waals surface area contributed by atoms with E-state index in [0.717, 1.165) is 49.5 Å². The second-order valence-electron chi connectivity index (χ2n) is 9.91. The Labute approximate surface area is 211 Å². The van der Waals surface area contributed by atoms with E-state index in [1.807, 2.05) is 20.0 Å². The highest BCUT2D eigenvalue weighted by molar-refractivity contribution is 8.32. The summed E-state index contributed by atoms with van der Waals surface area (Å²) in [6, 6.07) is 0.213. The number of thiazole rings is 1. The SMILES string of the molecule is CC.CN1CCC(NC(=O)c2cn(COCCS(C)(C)C)nc2-c2nc3c(s2)CCCC3)CC1. The Kier molecular flexibility index (Phi) is 10.0. The van der Waals surface area contributed by atoms with E-state index in [1.165, 1.54) is 23.4 Å². The molecule has 0 atom stereocenters. The maximum Gasteiger partial charge on any atom is 0.255 e. The zero-order chi connectivity index (χ0) is 24.7. The molecule has 1 fully saturated rings. The van der Waals surface area contributed by atoms with Crippen LogP contribution in [-0.2, 0) is 24.3 Å². The summed E-state index contributed by atoms with van der Waals surface area (Å²) < 4.78 is 7.65. The first-order valence-electron chi connectivity index (χ1n) is 12.6. The largest absolute Gasteiger partial charge is 0.358 e. The van der Waals surface area contributed by atoms with E-state index in [2.05, 4.69) is 36.0 Å². The van der Waals surface area contributed by atoms with Crippen LogP contribution in [0.25, 0.3) is 10.7 Å². The van der Waals surface area contributed by atoms with E-state index in [9.17, 15) is 4.79 Å². The highest BCUT2D eigenvalue weighted by atomic mass is 32.3. The minimum Gasteiger partial charge on any atom is -0.358 e. The van der Waals surface area contributed by atoms with Gasteiger partial charge >= 0.3 is 0 Å². The Hall–Kier alpha value is -1.42. The molecule has 0 spiro atoms. The van der Waals surface area contributed by atoms with Gasteiger partial charge in [0, 0.05) is 22.9 Å². The van der Waals surface area contributed by atoms with Crippen molar-refractivity contribution < 1.29 is 9.53 Å². The van der Waals surface area contributed by atoms with Crippen LogP contribution in [0.15, 0.2) is 6.20 Å². The van der Waals surface area contributed by atoms with Gasteiger partial charge in [-0.05, 0) is 77.4 Å². The molecule has 7 nitrogen and oxygen atoms in total. The molecular formula is C25H43N5O2S2. The van der Waals surface area contributed by atoms with Gasteiger partial charge in [0.25, 0.3) is 5.91 Å². The molecule has 1 aliphatic heterocycles. The summed E-state index contributed by atoms with van der Waals surface area (Å²) in [5.41, 5.74) is 2.50. The van der Waals surface area contributed by atoms with Crippen molar-refractivity contribution in [3.05, 3.63) is 22.3 Å². The molecular weight excluding hydrogens is 466 g/mol. The number of nitrogens with zero attached hydrogens (tertiary/aromatic N) is 4. The molecule has 0 radical (unpaired) electrons. The summed E-state index contributed by atoms with van der Waals surface area (Å²) >= 11 is 1.70. The lowest BCUT2D eigenvalue weighted by Crippen LogP contribution is -2.43. The lowest BCUT2D eigenvalue weighted by Gasteiger charge is -2.29. The third-order valence-corrected chi connectivity index (χ3v) is 8.73. The summed E-state index contributed by atoms with van der Waals surface area (Å²) in [6.07, 6.45) is 15.2. The van der Waals surface area contributed by atoms with Gasteiger partial charge in [-0.1, -0.05) is 13.8 Å². The fourth-order valence-corrected chi connectivity index (χ4v) is 5.91. The fraction of sp³-hybridized carbons (Fsp3) is 0.720. The molecule has 1 aliphatic carbocycles. The van der Waals surface area contributed by atoms with Crippen LogP contribution in [0, 0.1) is 0 Å². The van der Waals surface area contributed by atoms with E-state index < -0.39 is 10.0 Å². The molecule has 1 amide bonds. The number of hydrogen-bond acceptors (Lipinski definition) is 6. The number of likely N-dealkylation sites (tertiary alicyclic amines) is 1. The first kappa shape index (κ1) is 27.2. The maximum absolute atomic E-state index is 13.3. The van der Waals surface area contributed by atoms with Gasteiger partial charge in [0.15, 0.2) is 0 Å². The summed E-state index contributed by atoms with van der Waals surface area (Å²) in [6.45, 7) is 7.09. The summed E-state index contributed by atoms with van der Waals surface area (Å²) in [4.78, 5) is 21.8. The number of carbonyl (C=O) groups excluding carboxylic acids is 1. The molecule has 2 aromatic heterocycles. The van der Waals surface area contributed by atoms with E-state index in [-0.39, 0.29) is 11.9 Å². The van der Waals surface area contributed by atoms with E-state index >= 15 is 0 Å². The number of carbonyl (C=O) groups is 1. The third kappa shape index (κ3) is 7.54. The van der Waals surface area contributed by atoms with Crippen molar-refractivity contribution in [1.29, 1.82) is 0 Å². The van der Waals surface area contributed by atoms with Crippen LogP contribution < -0.4 is 5.32 Å². The van der Waals surface area contributed by atoms with Crippen LogP contribution in [0.1, 0.15) is 60.5 Å². The Morgan fingerprint density at radius 2 is 1.91 bits per heavy atom. The van der Waals surface area contributed by atoms with Gasteiger partial charge in [-0.15, -0.1) is 11.3 Å². The molecule has 1 N–H and O–H groups in total. The molecule has 0 saturated carbocycles. The quantitative estimate of drug-likeness (QED) is 0.534. The van der Waals surface area contributed by atoms with Crippen molar-refractivity contribution in [3.8, 4) is 10.7 Å². The topological polar surface area (TPSA) is 72.3 Å². The minimum atomic E-state index is -0.591. The number of amides is 1. The Morgan fingerprint density at radius 1 is 1.21 bits per heavy atom. The fourth-order valence-electron chi connectivity index (χ4n) is 4.15. The number of nitrogens with one attached hydrogen (secondary N) is 1. The Balaban J connectivity index is 0.00000158.